The second-order valence-electron chi connectivity index (χ2n) is 7.62. The molecule has 0 saturated heterocycles. The van der Waals surface area contributed by atoms with Crippen molar-refractivity contribution in [1.82, 2.24) is 10.2 Å². The molecule has 2 aromatic carbocycles. The number of allylic oxidation sites excluding steroid dienone is 1. The first kappa shape index (κ1) is 23.3. The molecule has 2 aromatic heterocycles. The van der Waals surface area contributed by atoms with Gasteiger partial charge in [0.1, 0.15) is 16.3 Å². The van der Waals surface area contributed by atoms with E-state index >= 15 is 0 Å². The first-order valence-corrected chi connectivity index (χ1v) is 11.3. The molecule has 2 heterocycles. The van der Waals surface area contributed by atoms with E-state index in [4.69, 9.17) is 18.6 Å². The van der Waals surface area contributed by atoms with E-state index in [-0.39, 0.29) is 5.91 Å². The van der Waals surface area contributed by atoms with Crippen LogP contribution in [-0.2, 0) is 4.79 Å². The van der Waals surface area contributed by atoms with E-state index in [9.17, 15) is 4.79 Å². The molecule has 0 bridgehead atoms. The number of hydrogen-bond acceptors (Lipinski definition) is 8. The number of ether oxygens (including phenoxy) is 3. The third-order valence-electron chi connectivity index (χ3n) is 5.47. The Hall–Kier alpha value is -3.85. The van der Waals surface area contributed by atoms with Gasteiger partial charge in [0.25, 0.3) is 0 Å². The summed E-state index contributed by atoms with van der Waals surface area (Å²) in [5.74, 6) is 1.63. The predicted molar refractivity (Wildman–Crippen MR) is 133 cm³/mol. The maximum absolute atomic E-state index is 12.6. The fourth-order valence-corrected chi connectivity index (χ4v) is 4.46. The molecule has 0 aliphatic carbocycles. The van der Waals surface area contributed by atoms with Crippen molar-refractivity contribution < 1.29 is 23.4 Å². The smallest absolute Gasteiger partial charge is 0.250 e. The van der Waals surface area contributed by atoms with Crippen LogP contribution in [0.15, 0.2) is 41.0 Å². The van der Waals surface area contributed by atoms with Gasteiger partial charge in [-0.1, -0.05) is 17.4 Å². The topological polar surface area (TPSA) is 95.7 Å². The number of benzene rings is 2. The minimum atomic E-state index is -0.291. The molecule has 9 heteroatoms. The molecule has 8 nitrogen and oxygen atoms in total. The van der Waals surface area contributed by atoms with E-state index in [1.54, 1.807) is 27.6 Å². The van der Waals surface area contributed by atoms with E-state index < -0.39 is 0 Å². The summed E-state index contributed by atoms with van der Waals surface area (Å²) in [5, 5.41) is 12.7. The summed E-state index contributed by atoms with van der Waals surface area (Å²) in [7, 11) is 4.81. The highest BCUT2D eigenvalue weighted by atomic mass is 32.1. The molecule has 176 valence electrons. The first-order chi connectivity index (χ1) is 16.4. The molecule has 34 heavy (non-hydrogen) atoms. The van der Waals surface area contributed by atoms with Gasteiger partial charge in [0.2, 0.25) is 11.0 Å². The minimum absolute atomic E-state index is 0.291. The molecular formula is C25H25N3O5S. The van der Waals surface area contributed by atoms with Crippen LogP contribution in [0.5, 0.6) is 17.2 Å². The number of rotatable bonds is 7. The monoisotopic (exact) mass is 479 g/mol. The lowest BCUT2D eigenvalue weighted by molar-refractivity contribution is -0.111. The van der Waals surface area contributed by atoms with E-state index in [0.29, 0.717) is 28.0 Å². The summed E-state index contributed by atoms with van der Waals surface area (Å²) < 4.78 is 22.5. The highest BCUT2D eigenvalue weighted by molar-refractivity contribution is 7.15. The van der Waals surface area contributed by atoms with E-state index in [1.807, 2.05) is 45.0 Å². The van der Waals surface area contributed by atoms with Gasteiger partial charge in [-0.3, -0.25) is 10.1 Å². The number of anilines is 1. The Bertz CT molecular complexity index is 1400. The van der Waals surface area contributed by atoms with Gasteiger partial charge >= 0.3 is 0 Å². The maximum Gasteiger partial charge on any atom is 0.250 e. The van der Waals surface area contributed by atoms with Crippen molar-refractivity contribution in [3.05, 3.63) is 52.7 Å². The van der Waals surface area contributed by atoms with Gasteiger partial charge < -0.3 is 18.6 Å². The Balaban J connectivity index is 1.79. The van der Waals surface area contributed by atoms with Gasteiger partial charge in [0.05, 0.1) is 27.6 Å². The zero-order valence-electron chi connectivity index (χ0n) is 19.8. The lowest BCUT2D eigenvalue weighted by atomic mass is 9.96. The highest BCUT2D eigenvalue weighted by Gasteiger charge is 2.20. The molecule has 0 saturated carbocycles. The lowest BCUT2D eigenvalue weighted by Gasteiger charge is -2.13. The third kappa shape index (κ3) is 4.34. The van der Waals surface area contributed by atoms with Crippen molar-refractivity contribution in [1.29, 1.82) is 0 Å². The summed E-state index contributed by atoms with van der Waals surface area (Å²) >= 11 is 1.32. The number of nitrogens with zero attached hydrogens (tertiary/aromatic N) is 2. The summed E-state index contributed by atoms with van der Waals surface area (Å²) in [4.78, 5) is 12.6. The van der Waals surface area contributed by atoms with Crippen LogP contribution in [0.2, 0.25) is 0 Å². The van der Waals surface area contributed by atoms with Crippen molar-refractivity contribution in [2.24, 2.45) is 0 Å². The minimum Gasteiger partial charge on any atom is -0.496 e. The van der Waals surface area contributed by atoms with Crippen molar-refractivity contribution >= 4 is 38.9 Å². The fraction of sp³-hybridized carbons (Fsp3) is 0.240. The summed E-state index contributed by atoms with van der Waals surface area (Å²) in [6, 6.07) is 7.69. The Morgan fingerprint density at radius 3 is 2.47 bits per heavy atom. The number of methoxy groups -OCH3 is 3. The Labute approximate surface area is 201 Å². The Kier molecular flexibility index (Phi) is 6.56. The molecule has 0 aliphatic heterocycles. The van der Waals surface area contributed by atoms with Gasteiger partial charge in [-0.15, -0.1) is 10.2 Å². The van der Waals surface area contributed by atoms with Gasteiger partial charge in [-0.25, -0.2) is 0 Å². The van der Waals surface area contributed by atoms with Crippen molar-refractivity contribution in [2.45, 2.75) is 20.8 Å². The SMILES string of the molecule is COc1ccc(-c2coc3c(C)c(OC)c(/C(C)=C/C(=O)Nc4nnc(C)s4)cc23)cc1OC. The molecule has 4 rings (SSSR count). The number of aryl methyl sites for hydroxylation is 2. The number of amides is 1. The molecule has 0 unspecified atom stereocenters. The molecule has 0 atom stereocenters. The highest BCUT2D eigenvalue weighted by Crippen LogP contribution is 2.42. The van der Waals surface area contributed by atoms with E-state index in [0.717, 1.165) is 38.2 Å². The first-order valence-electron chi connectivity index (χ1n) is 10.5. The molecule has 0 radical (unpaired) electrons. The molecule has 0 aliphatic rings. The van der Waals surface area contributed by atoms with Crippen molar-refractivity contribution in [3.8, 4) is 28.4 Å². The number of carbonyl (C=O) groups is 1. The number of carbonyl (C=O) groups excluding carboxylic acids is 1. The molecule has 0 fully saturated rings. The summed E-state index contributed by atoms with van der Waals surface area (Å²) in [5.41, 5.74) is 4.89. The quantitative estimate of drug-likeness (QED) is 0.343. The molecule has 1 amide bonds. The zero-order chi connectivity index (χ0) is 24.4. The lowest BCUT2D eigenvalue weighted by Crippen LogP contribution is -2.08. The maximum atomic E-state index is 12.6. The number of nitrogens with one attached hydrogen (secondary N) is 1. The van der Waals surface area contributed by atoms with Gasteiger partial charge in [-0.05, 0) is 50.1 Å². The number of fused-ring (bicyclic) bond motifs is 1. The van der Waals surface area contributed by atoms with Gasteiger partial charge in [0, 0.05) is 28.2 Å². The zero-order valence-corrected chi connectivity index (χ0v) is 20.6. The molecule has 0 spiro atoms. The largest absolute Gasteiger partial charge is 0.496 e. The molecule has 1 N–H and O–H groups in total. The normalized spacial score (nSPS) is 11.5. The van der Waals surface area contributed by atoms with Crippen molar-refractivity contribution in [3.63, 3.8) is 0 Å². The third-order valence-corrected chi connectivity index (χ3v) is 6.23. The summed E-state index contributed by atoms with van der Waals surface area (Å²) in [6.07, 6.45) is 3.24. The van der Waals surface area contributed by atoms with Crippen LogP contribution >= 0.6 is 11.3 Å². The van der Waals surface area contributed by atoms with Gasteiger partial charge in [-0.2, -0.15) is 0 Å². The molecule has 4 aromatic rings. The number of furan rings is 1. The predicted octanol–water partition coefficient (Wildman–Crippen LogP) is 5.64. The van der Waals surface area contributed by atoms with Crippen molar-refractivity contribution in [2.75, 3.05) is 26.6 Å². The average Bonchev–Trinajstić information content (AvgIpc) is 3.44. The van der Waals surface area contributed by atoms with Crippen LogP contribution in [0.25, 0.3) is 27.7 Å². The fourth-order valence-electron chi connectivity index (χ4n) is 3.86. The van der Waals surface area contributed by atoms with Crippen LogP contribution in [0.4, 0.5) is 5.13 Å². The second-order valence-corrected chi connectivity index (χ2v) is 8.80. The van der Waals surface area contributed by atoms with Crippen LogP contribution in [0.1, 0.15) is 23.1 Å². The van der Waals surface area contributed by atoms with E-state index in [2.05, 4.69) is 15.5 Å². The van der Waals surface area contributed by atoms with E-state index in [1.165, 1.54) is 17.4 Å². The summed E-state index contributed by atoms with van der Waals surface area (Å²) in [6.45, 7) is 5.63. The Morgan fingerprint density at radius 2 is 1.82 bits per heavy atom. The van der Waals surface area contributed by atoms with Crippen LogP contribution in [0, 0.1) is 13.8 Å². The van der Waals surface area contributed by atoms with Crippen LogP contribution < -0.4 is 19.5 Å². The van der Waals surface area contributed by atoms with Crippen LogP contribution in [-0.4, -0.2) is 37.4 Å². The standard InChI is InChI=1S/C25H25N3O5S/c1-13(9-22(29)26-25-28-27-15(3)34-25)17-11-18-19(12-33-24(18)14(2)23(17)32-6)16-7-8-20(30-4)21(10-16)31-5/h7-12H,1-6H3,(H,26,28,29)/b13-9+. The van der Waals surface area contributed by atoms with Gasteiger partial charge in [0.15, 0.2) is 11.5 Å². The Morgan fingerprint density at radius 1 is 1.06 bits per heavy atom. The second kappa shape index (κ2) is 9.56. The number of hydrogen-bond donors (Lipinski definition) is 1. The van der Waals surface area contributed by atoms with Crippen LogP contribution in [0.3, 0.4) is 0 Å². The molecular weight excluding hydrogens is 454 g/mol. The average molecular weight is 480 g/mol. The number of aromatic nitrogens is 2.